The molecular formula is C17H22N4. The molecule has 2 aromatic rings. The van der Waals surface area contributed by atoms with Crippen molar-refractivity contribution in [3.8, 4) is 0 Å². The lowest BCUT2D eigenvalue weighted by Gasteiger charge is -2.24. The average Bonchev–Trinajstić information content (AvgIpc) is 3.31. The van der Waals surface area contributed by atoms with Crippen molar-refractivity contribution in [2.75, 3.05) is 10.6 Å². The Labute approximate surface area is 126 Å². The highest BCUT2D eigenvalue weighted by Crippen LogP contribution is 2.33. The number of hydrogen-bond acceptors (Lipinski definition) is 4. The number of nitrogen functional groups attached to an aromatic ring is 1. The minimum absolute atomic E-state index is 0.412. The maximum Gasteiger partial charge on any atom is 0.132 e. The fourth-order valence-corrected chi connectivity index (χ4v) is 2.48. The van der Waals surface area contributed by atoms with E-state index >= 15 is 0 Å². The maximum atomic E-state index is 6.09. The maximum absolute atomic E-state index is 6.09. The van der Waals surface area contributed by atoms with E-state index in [1.165, 1.54) is 12.8 Å². The first kappa shape index (κ1) is 13.9. The van der Waals surface area contributed by atoms with Gasteiger partial charge < -0.3 is 10.6 Å². The van der Waals surface area contributed by atoms with Crippen molar-refractivity contribution in [3.63, 3.8) is 0 Å². The molecule has 0 bridgehead atoms. The molecule has 1 saturated carbocycles. The lowest BCUT2D eigenvalue weighted by atomic mass is 10.1. The molecule has 0 radical (unpaired) electrons. The highest BCUT2D eigenvalue weighted by atomic mass is 15.2. The molecule has 1 aromatic heterocycles. The van der Waals surface area contributed by atoms with Crippen LogP contribution in [0.25, 0.3) is 0 Å². The number of anilines is 2. The smallest absolute Gasteiger partial charge is 0.132 e. The summed E-state index contributed by atoms with van der Waals surface area (Å²) in [6.07, 6.45) is 4.13. The quantitative estimate of drug-likeness (QED) is 0.854. The van der Waals surface area contributed by atoms with Gasteiger partial charge in [-0.15, -0.1) is 0 Å². The van der Waals surface area contributed by atoms with E-state index in [0.717, 1.165) is 29.3 Å². The SMILES string of the molecule is CC(C)c1cc(N(Cc2ccccc2N)C2CC2)ncn1. The Bertz CT molecular complexity index is 620. The molecule has 2 N–H and O–H groups in total. The van der Waals surface area contributed by atoms with E-state index in [-0.39, 0.29) is 0 Å². The molecule has 0 saturated heterocycles. The molecular weight excluding hydrogens is 260 g/mol. The summed E-state index contributed by atoms with van der Waals surface area (Å²) in [6.45, 7) is 5.12. The molecule has 0 atom stereocenters. The highest BCUT2D eigenvalue weighted by Gasteiger charge is 2.30. The molecule has 4 nitrogen and oxygen atoms in total. The van der Waals surface area contributed by atoms with E-state index in [4.69, 9.17) is 5.73 Å². The van der Waals surface area contributed by atoms with Crippen LogP contribution >= 0.6 is 0 Å². The van der Waals surface area contributed by atoms with Gasteiger partial charge >= 0.3 is 0 Å². The molecule has 3 rings (SSSR count). The van der Waals surface area contributed by atoms with Crippen molar-refractivity contribution in [2.24, 2.45) is 0 Å². The summed E-state index contributed by atoms with van der Waals surface area (Å²) in [5.74, 6) is 1.43. The predicted octanol–water partition coefficient (Wildman–Crippen LogP) is 3.35. The van der Waals surface area contributed by atoms with E-state index in [9.17, 15) is 0 Å². The van der Waals surface area contributed by atoms with Gasteiger partial charge in [0, 0.05) is 30.0 Å². The standard InChI is InChI=1S/C17H22N4/c1-12(2)16-9-17(20-11-19-16)21(14-7-8-14)10-13-5-3-4-6-15(13)18/h3-6,9,11-12,14H,7-8,10,18H2,1-2H3. The van der Waals surface area contributed by atoms with Gasteiger partial charge in [-0.05, 0) is 30.4 Å². The number of nitrogens with zero attached hydrogens (tertiary/aromatic N) is 3. The Morgan fingerprint density at radius 3 is 2.67 bits per heavy atom. The molecule has 0 aliphatic heterocycles. The zero-order valence-corrected chi connectivity index (χ0v) is 12.7. The van der Waals surface area contributed by atoms with Crippen LogP contribution in [0.2, 0.25) is 0 Å². The lowest BCUT2D eigenvalue weighted by Crippen LogP contribution is -2.26. The van der Waals surface area contributed by atoms with Gasteiger partial charge in [0.25, 0.3) is 0 Å². The molecule has 1 aliphatic rings. The van der Waals surface area contributed by atoms with Crippen molar-refractivity contribution >= 4 is 11.5 Å². The summed E-state index contributed by atoms with van der Waals surface area (Å²) in [4.78, 5) is 11.2. The molecule has 110 valence electrons. The number of benzene rings is 1. The first-order chi connectivity index (χ1) is 10.1. The zero-order chi connectivity index (χ0) is 14.8. The van der Waals surface area contributed by atoms with Gasteiger partial charge in [0.2, 0.25) is 0 Å². The van der Waals surface area contributed by atoms with Crippen molar-refractivity contribution in [1.82, 2.24) is 9.97 Å². The van der Waals surface area contributed by atoms with Crippen LogP contribution in [0.4, 0.5) is 11.5 Å². The first-order valence-corrected chi connectivity index (χ1v) is 7.57. The van der Waals surface area contributed by atoms with Gasteiger partial charge in [-0.2, -0.15) is 0 Å². The number of aromatic nitrogens is 2. The van der Waals surface area contributed by atoms with Gasteiger partial charge in [-0.3, -0.25) is 0 Å². The third-order valence-corrected chi connectivity index (χ3v) is 3.94. The predicted molar refractivity (Wildman–Crippen MR) is 86.2 cm³/mol. The van der Waals surface area contributed by atoms with Crippen molar-refractivity contribution in [3.05, 3.63) is 47.9 Å². The summed E-state index contributed by atoms with van der Waals surface area (Å²) in [7, 11) is 0. The van der Waals surface area contributed by atoms with E-state index in [1.54, 1.807) is 6.33 Å². The molecule has 0 spiro atoms. The number of hydrogen-bond donors (Lipinski definition) is 1. The molecule has 1 aromatic carbocycles. The summed E-state index contributed by atoms with van der Waals surface area (Å²) in [5.41, 5.74) is 9.19. The number of nitrogens with two attached hydrogens (primary N) is 1. The molecule has 21 heavy (non-hydrogen) atoms. The van der Waals surface area contributed by atoms with Crippen LogP contribution in [0, 0.1) is 0 Å². The van der Waals surface area contributed by atoms with E-state index in [2.05, 4.69) is 40.8 Å². The fourth-order valence-electron chi connectivity index (χ4n) is 2.48. The fraction of sp³-hybridized carbons (Fsp3) is 0.412. The first-order valence-electron chi connectivity index (χ1n) is 7.57. The van der Waals surface area contributed by atoms with E-state index < -0.39 is 0 Å². The number of rotatable bonds is 5. The van der Waals surface area contributed by atoms with Crippen LogP contribution in [-0.4, -0.2) is 16.0 Å². The Morgan fingerprint density at radius 2 is 2.00 bits per heavy atom. The summed E-state index contributed by atoms with van der Waals surface area (Å²) in [5, 5.41) is 0. The minimum Gasteiger partial charge on any atom is -0.398 e. The third-order valence-electron chi connectivity index (χ3n) is 3.94. The van der Waals surface area contributed by atoms with Crippen LogP contribution in [-0.2, 0) is 6.54 Å². The van der Waals surface area contributed by atoms with Gasteiger partial charge in [-0.1, -0.05) is 32.0 Å². The molecule has 1 fully saturated rings. The Hall–Kier alpha value is -2.10. The van der Waals surface area contributed by atoms with Gasteiger partial charge in [-0.25, -0.2) is 9.97 Å². The topological polar surface area (TPSA) is 55.0 Å². The monoisotopic (exact) mass is 282 g/mol. The minimum atomic E-state index is 0.412. The molecule has 1 aliphatic carbocycles. The Balaban J connectivity index is 1.88. The molecule has 4 heteroatoms. The van der Waals surface area contributed by atoms with Crippen LogP contribution in [0.5, 0.6) is 0 Å². The van der Waals surface area contributed by atoms with Crippen LogP contribution in [0.3, 0.4) is 0 Å². The second kappa shape index (κ2) is 5.72. The molecule has 1 heterocycles. The third kappa shape index (κ3) is 3.15. The van der Waals surface area contributed by atoms with Gasteiger partial charge in [0.15, 0.2) is 0 Å². The summed E-state index contributed by atoms with van der Waals surface area (Å²) < 4.78 is 0. The van der Waals surface area contributed by atoms with Crippen LogP contribution in [0.15, 0.2) is 36.7 Å². The second-order valence-corrected chi connectivity index (χ2v) is 6.01. The largest absolute Gasteiger partial charge is 0.398 e. The van der Waals surface area contributed by atoms with Crippen molar-refractivity contribution < 1.29 is 0 Å². The van der Waals surface area contributed by atoms with Crippen LogP contribution < -0.4 is 10.6 Å². The van der Waals surface area contributed by atoms with E-state index in [1.807, 2.05) is 18.2 Å². The average molecular weight is 282 g/mol. The summed E-state index contributed by atoms with van der Waals surface area (Å²) in [6, 6.07) is 10.8. The van der Waals surface area contributed by atoms with Gasteiger partial charge in [0.05, 0.1) is 0 Å². The Kier molecular flexibility index (Phi) is 3.78. The molecule has 0 amide bonds. The normalized spacial score (nSPS) is 14.4. The highest BCUT2D eigenvalue weighted by molar-refractivity contribution is 5.51. The van der Waals surface area contributed by atoms with E-state index in [0.29, 0.717) is 12.0 Å². The second-order valence-electron chi connectivity index (χ2n) is 6.01. The van der Waals surface area contributed by atoms with Crippen LogP contribution in [0.1, 0.15) is 43.9 Å². The van der Waals surface area contributed by atoms with Crippen molar-refractivity contribution in [2.45, 2.75) is 45.2 Å². The van der Waals surface area contributed by atoms with Gasteiger partial charge in [0.1, 0.15) is 12.1 Å². The molecule has 0 unspecified atom stereocenters. The van der Waals surface area contributed by atoms with Crippen molar-refractivity contribution in [1.29, 1.82) is 0 Å². The summed E-state index contributed by atoms with van der Waals surface area (Å²) >= 11 is 0. The lowest BCUT2D eigenvalue weighted by molar-refractivity contribution is 0.759. The number of para-hydroxylation sites is 1. The Morgan fingerprint density at radius 1 is 1.24 bits per heavy atom. The zero-order valence-electron chi connectivity index (χ0n) is 12.7.